The van der Waals surface area contributed by atoms with E-state index in [-0.39, 0.29) is 0 Å². The highest BCUT2D eigenvalue weighted by Crippen LogP contribution is 2.34. The zero-order valence-electron chi connectivity index (χ0n) is 10.0. The van der Waals surface area contributed by atoms with Gasteiger partial charge in [-0.15, -0.1) is 0 Å². The van der Waals surface area contributed by atoms with Crippen molar-refractivity contribution in [2.75, 3.05) is 0 Å². The van der Waals surface area contributed by atoms with Gasteiger partial charge in [0.1, 0.15) is 0 Å². The van der Waals surface area contributed by atoms with Crippen LogP contribution in [0.2, 0.25) is 0 Å². The summed E-state index contributed by atoms with van der Waals surface area (Å²) in [5.41, 5.74) is 8.06. The third-order valence-corrected chi connectivity index (χ3v) is 3.39. The second-order valence-corrected chi connectivity index (χ2v) is 4.96. The first-order valence-corrected chi connectivity index (χ1v) is 6.31. The Morgan fingerprint density at radius 3 is 2.30 bits per heavy atom. The summed E-state index contributed by atoms with van der Waals surface area (Å²) < 4.78 is 37.8. The molecule has 0 fully saturated rings. The summed E-state index contributed by atoms with van der Waals surface area (Å²) in [7, 11) is 0. The summed E-state index contributed by atoms with van der Waals surface area (Å²) in [5.74, 6) is 0. The van der Waals surface area contributed by atoms with Gasteiger partial charge in [-0.05, 0) is 35.9 Å². The molecular formula is C13H8F3N3S. The van der Waals surface area contributed by atoms with Gasteiger partial charge in [0, 0.05) is 20.4 Å². The Bertz CT molecular complexity index is 647. The van der Waals surface area contributed by atoms with Crippen LogP contribution in [0.3, 0.4) is 0 Å². The molecule has 7 heteroatoms. The molecular weight excluding hydrogens is 287 g/mol. The van der Waals surface area contributed by atoms with Gasteiger partial charge in [-0.25, -0.2) is 0 Å². The molecule has 2 aromatic rings. The molecule has 0 bridgehead atoms. The highest BCUT2D eigenvalue weighted by Gasteiger charge is 2.30. The minimum Gasteiger partial charge on any atom is -0.166 e. The van der Waals surface area contributed by atoms with E-state index >= 15 is 0 Å². The summed E-state index contributed by atoms with van der Waals surface area (Å²) in [5, 5.41) is 3.42. The van der Waals surface area contributed by atoms with Crippen molar-refractivity contribution in [3.8, 4) is 0 Å². The molecule has 0 unspecified atom stereocenters. The zero-order chi connectivity index (χ0) is 14.6. The lowest BCUT2D eigenvalue weighted by molar-refractivity contribution is -0.137. The van der Waals surface area contributed by atoms with Crippen LogP contribution in [0.1, 0.15) is 5.56 Å². The van der Waals surface area contributed by atoms with Gasteiger partial charge in [0.25, 0.3) is 0 Å². The SMILES string of the molecule is [N-]=[N+]=Nc1ccc(Sc2cccc(C(F)(F)F)c2)cc1. The minimum absolute atomic E-state index is 0.459. The van der Waals surface area contributed by atoms with Gasteiger partial charge in [-0.1, -0.05) is 35.1 Å². The second kappa shape index (κ2) is 5.90. The van der Waals surface area contributed by atoms with Crippen LogP contribution in [-0.4, -0.2) is 0 Å². The molecule has 2 rings (SSSR count). The number of hydrogen-bond acceptors (Lipinski definition) is 2. The first-order chi connectivity index (χ1) is 9.49. The van der Waals surface area contributed by atoms with Gasteiger partial charge in [0.15, 0.2) is 0 Å². The van der Waals surface area contributed by atoms with Crippen molar-refractivity contribution in [3.63, 3.8) is 0 Å². The van der Waals surface area contributed by atoms with Gasteiger partial charge >= 0.3 is 6.18 Å². The third kappa shape index (κ3) is 3.69. The number of halogens is 3. The highest BCUT2D eigenvalue weighted by atomic mass is 32.2. The van der Waals surface area contributed by atoms with Crippen molar-refractivity contribution in [2.45, 2.75) is 16.0 Å². The van der Waals surface area contributed by atoms with E-state index in [0.717, 1.165) is 17.0 Å². The molecule has 2 aromatic carbocycles. The lowest BCUT2D eigenvalue weighted by Crippen LogP contribution is -2.04. The molecule has 0 aliphatic carbocycles. The smallest absolute Gasteiger partial charge is 0.166 e. The maximum absolute atomic E-state index is 12.6. The van der Waals surface area contributed by atoms with Crippen molar-refractivity contribution in [1.29, 1.82) is 0 Å². The molecule has 0 atom stereocenters. The topological polar surface area (TPSA) is 48.8 Å². The zero-order valence-corrected chi connectivity index (χ0v) is 10.8. The molecule has 0 aliphatic rings. The number of benzene rings is 2. The van der Waals surface area contributed by atoms with Crippen LogP contribution in [0, 0.1) is 0 Å². The van der Waals surface area contributed by atoms with E-state index in [1.807, 2.05) is 0 Å². The summed E-state index contributed by atoms with van der Waals surface area (Å²) in [4.78, 5) is 3.91. The Hall–Kier alpha value is -2.11. The van der Waals surface area contributed by atoms with E-state index in [4.69, 9.17) is 5.53 Å². The van der Waals surface area contributed by atoms with Crippen LogP contribution in [-0.2, 0) is 6.18 Å². The Balaban J connectivity index is 2.19. The van der Waals surface area contributed by atoms with Crippen molar-refractivity contribution in [2.24, 2.45) is 5.11 Å². The average Bonchev–Trinajstić information content (AvgIpc) is 2.41. The summed E-state index contributed by atoms with van der Waals surface area (Å²) in [6, 6.07) is 11.7. The summed E-state index contributed by atoms with van der Waals surface area (Å²) in [6.07, 6.45) is -4.35. The van der Waals surface area contributed by atoms with Crippen LogP contribution in [0.25, 0.3) is 10.4 Å². The third-order valence-electron chi connectivity index (χ3n) is 2.39. The molecule has 0 aromatic heterocycles. The molecule has 0 N–H and O–H groups in total. The molecule has 102 valence electrons. The number of nitrogens with zero attached hydrogens (tertiary/aromatic N) is 3. The van der Waals surface area contributed by atoms with Crippen molar-refractivity contribution < 1.29 is 13.2 Å². The van der Waals surface area contributed by atoms with Crippen molar-refractivity contribution >= 4 is 17.4 Å². The van der Waals surface area contributed by atoms with Crippen LogP contribution in [0.4, 0.5) is 18.9 Å². The molecule has 3 nitrogen and oxygen atoms in total. The van der Waals surface area contributed by atoms with Gasteiger partial charge in [-0.2, -0.15) is 13.2 Å². The first kappa shape index (κ1) is 14.3. The Labute approximate surface area is 117 Å². The van der Waals surface area contributed by atoms with E-state index in [1.165, 1.54) is 17.8 Å². The molecule has 0 radical (unpaired) electrons. The molecule has 0 aliphatic heterocycles. The normalized spacial score (nSPS) is 10.9. The molecule has 0 heterocycles. The Kier molecular flexibility index (Phi) is 4.22. The Morgan fingerprint density at radius 1 is 1.00 bits per heavy atom. The molecule has 0 saturated heterocycles. The van der Waals surface area contributed by atoms with Crippen molar-refractivity contribution in [3.05, 3.63) is 64.5 Å². The molecule has 0 amide bonds. The Morgan fingerprint density at radius 2 is 1.70 bits per heavy atom. The van der Waals surface area contributed by atoms with Gasteiger partial charge in [-0.3, -0.25) is 0 Å². The maximum Gasteiger partial charge on any atom is 0.416 e. The number of hydrogen-bond donors (Lipinski definition) is 0. The average molecular weight is 295 g/mol. The lowest BCUT2D eigenvalue weighted by Gasteiger charge is -2.08. The van der Waals surface area contributed by atoms with Crippen LogP contribution < -0.4 is 0 Å². The van der Waals surface area contributed by atoms with Crippen LogP contribution >= 0.6 is 11.8 Å². The summed E-state index contributed by atoms with van der Waals surface area (Å²) in [6.45, 7) is 0. The van der Waals surface area contributed by atoms with Crippen molar-refractivity contribution in [1.82, 2.24) is 0 Å². The van der Waals surface area contributed by atoms with Gasteiger partial charge in [0.05, 0.1) is 5.56 Å². The van der Waals surface area contributed by atoms with E-state index in [2.05, 4.69) is 10.0 Å². The minimum atomic E-state index is -4.35. The molecule has 20 heavy (non-hydrogen) atoms. The van der Waals surface area contributed by atoms with E-state index in [9.17, 15) is 13.2 Å². The van der Waals surface area contributed by atoms with Crippen LogP contribution in [0.5, 0.6) is 0 Å². The highest BCUT2D eigenvalue weighted by molar-refractivity contribution is 7.99. The predicted molar refractivity (Wildman–Crippen MR) is 70.8 cm³/mol. The predicted octanol–water partition coefficient (Wildman–Crippen LogP) is 5.80. The fourth-order valence-corrected chi connectivity index (χ4v) is 2.38. The lowest BCUT2D eigenvalue weighted by atomic mass is 10.2. The fourth-order valence-electron chi connectivity index (χ4n) is 1.50. The largest absolute Gasteiger partial charge is 0.416 e. The number of rotatable bonds is 3. The molecule has 0 spiro atoms. The van der Waals surface area contributed by atoms with Gasteiger partial charge < -0.3 is 0 Å². The van der Waals surface area contributed by atoms with Gasteiger partial charge in [0.2, 0.25) is 0 Å². The number of alkyl halides is 3. The quantitative estimate of drug-likeness (QED) is 0.401. The standard InChI is InChI=1S/C13H8F3N3S/c14-13(15,16)9-2-1-3-12(8-9)20-11-6-4-10(5-7-11)18-19-17/h1-8H. The monoisotopic (exact) mass is 295 g/mol. The van der Waals surface area contributed by atoms with E-state index < -0.39 is 11.7 Å². The van der Waals surface area contributed by atoms with E-state index in [0.29, 0.717) is 10.6 Å². The second-order valence-electron chi connectivity index (χ2n) is 3.81. The van der Waals surface area contributed by atoms with E-state index in [1.54, 1.807) is 30.3 Å². The maximum atomic E-state index is 12.6. The molecule has 0 saturated carbocycles. The summed E-state index contributed by atoms with van der Waals surface area (Å²) >= 11 is 1.21. The number of azide groups is 1. The van der Waals surface area contributed by atoms with Crippen LogP contribution in [0.15, 0.2) is 63.4 Å². The first-order valence-electron chi connectivity index (χ1n) is 5.49. The fraction of sp³-hybridized carbons (Fsp3) is 0.0769.